The van der Waals surface area contributed by atoms with Gasteiger partial charge in [0.1, 0.15) is 5.76 Å². The van der Waals surface area contributed by atoms with E-state index in [9.17, 15) is 4.79 Å². The molecule has 3 N–H and O–H groups in total. The minimum Gasteiger partial charge on any atom is -0.467 e. The van der Waals surface area contributed by atoms with Crippen molar-refractivity contribution in [3.8, 4) is 0 Å². The quantitative estimate of drug-likeness (QED) is 0.838. The fraction of sp³-hybridized carbons (Fsp3) is 0.154. The van der Waals surface area contributed by atoms with E-state index >= 15 is 0 Å². The van der Waals surface area contributed by atoms with E-state index in [2.05, 4.69) is 5.32 Å². The minimum absolute atomic E-state index is 0.220. The maximum atomic E-state index is 12.0. The van der Waals surface area contributed by atoms with E-state index in [-0.39, 0.29) is 11.9 Å². The topological polar surface area (TPSA) is 68.3 Å². The molecule has 18 heavy (non-hydrogen) atoms. The van der Waals surface area contributed by atoms with Crippen molar-refractivity contribution in [1.29, 1.82) is 0 Å². The van der Waals surface area contributed by atoms with Gasteiger partial charge in [-0.1, -0.05) is 11.6 Å². The lowest BCUT2D eigenvalue weighted by atomic mass is 10.1. The molecule has 0 aliphatic carbocycles. The van der Waals surface area contributed by atoms with Crippen LogP contribution in [0.25, 0.3) is 0 Å². The smallest absolute Gasteiger partial charge is 0.253 e. The van der Waals surface area contributed by atoms with Gasteiger partial charge < -0.3 is 15.5 Å². The molecule has 0 bridgehead atoms. The van der Waals surface area contributed by atoms with E-state index in [0.717, 1.165) is 0 Å². The summed E-state index contributed by atoms with van der Waals surface area (Å²) >= 11 is 5.78. The van der Waals surface area contributed by atoms with Gasteiger partial charge in [0, 0.05) is 10.7 Å². The summed E-state index contributed by atoms with van der Waals surface area (Å²) in [5, 5.41) is 3.31. The van der Waals surface area contributed by atoms with Crippen LogP contribution >= 0.6 is 11.6 Å². The summed E-state index contributed by atoms with van der Waals surface area (Å²) in [7, 11) is 0. The van der Waals surface area contributed by atoms with Gasteiger partial charge in [0.15, 0.2) is 0 Å². The van der Waals surface area contributed by atoms with Gasteiger partial charge in [0.2, 0.25) is 0 Å². The molecule has 0 saturated heterocycles. The van der Waals surface area contributed by atoms with Crippen LogP contribution in [-0.2, 0) is 0 Å². The Labute approximate surface area is 110 Å². The first-order valence-corrected chi connectivity index (χ1v) is 5.85. The van der Waals surface area contributed by atoms with Crippen molar-refractivity contribution in [2.45, 2.75) is 13.0 Å². The molecule has 0 aliphatic rings. The van der Waals surface area contributed by atoms with Gasteiger partial charge in [-0.2, -0.15) is 0 Å². The number of hydrogen-bond donors (Lipinski definition) is 2. The van der Waals surface area contributed by atoms with Gasteiger partial charge in [0.25, 0.3) is 5.91 Å². The molecule has 94 valence electrons. The van der Waals surface area contributed by atoms with Crippen LogP contribution in [0.15, 0.2) is 41.0 Å². The number of carbonyl (C=O) groups is 1. The molecule has 1 atom stereocenters. The zero-order valence-electron chi connectivity index (χ0n) is 9.81. The van der Waals surface area contributed by atoms with Crippen LogP contribution in [0.3, 0.4) is 0 Å². The summed E-state index contributed by atoms with van der Waals surface area (Å²) in [6.45, 7) is 1.84. The molecule has 2 aromatic rings. The van der Waals surface area contributed by atoms with Crippen LogP contribution in [0.1, 0.15) is 29.1 Å². The lowest BCUT2D eigenvalue weighted by Gasteiger charge is -2.12. The van der Waals surface area contributed by atoms with Crippen LogP contribution in [0.4, 0.5) is 5.69 Å². The van der Waals surface area contributed by atoms with Crippen molar-refractivity contribution in [3.05, 3.63) is 52.9 Å². The Morgan fingerprint density at radius 2 is 2.22 bits per heavy atom. The zero-order chi connectivity index (χ0) is 13.1. The fourth-order valence-electron chi connectivity index (χ4n) is 1.62. The number of rotatable bonds is 3. The number of anilines is 1. The first kappa shape index (κ1) is 12.5. The summed E-state index contributed by atoms with van der Waals surface area (Å²) in [5.41, 5.74) is 6.50. The predicted molar refractivity (Wildman–Crippen MR) is 70.5 cm³/mol. The van der Waals surface area contributed by atoms with Crippen LogP contribution < -0.4 is 11.1 Å². The molecule has 5 heteroatoms. The van der Waals surface area contributed by atoms with E-state index in [0.29, 0.717) is 22.0 Å². The van der Waals surface area contributed by atoms with E-state index in [1.165, 1.54) is 0 Å². The first-order chi connectivity index (χ1) is 8.58. The molecule has 0 spiro atoms. The summed E-state index contributed by atoms with van der Waals surface area (Å²) in [6.07, 6.45) is 1.56. The van der Waals surface area contributed by atoms with Crippen molar-refractivity contribution in [2.75, 3.05) is 5.73 Å². The maximum absolute atomic E-state index is 12.0. The van der Waals surface area contributed by atoms with E-state index in [4.69, 9.17) is 21.8 Å². The average Bonchev–Trinajstić information content (AvgIpc) is 2.81. The number of nitrogens with two attached hydrogens (primary N) is 1. The molecule has 0 radical (unpaired) electrons. The van der Waals surface area contributed by atoms with Crippen LogP contribution in [-0.4, -0.2) is 5.91 Å². The second-order valence-electron chi connectivity index (χ2n) is 3.94. The van der Waals surface area contributed by atoms with Gasteiger partial charge >= 0.3 is 0 Å². The first-order valence-electron chi connectivity index (χ1n) is 5.47. The number of hydrogen-bond acceptors (Lipinski definition) is 3. The summed E-state index contributed by atoms with van der Waals surface area (Å²) in [5.74, 6) is 0.434. The number of benzene rings is 1. The van der Waals surface area contributed by atoms with Crippen molar-refractivity contribution in [1.82, 2.24) is 5.32 Å². The van der Waals surface area contributed by atoms with E-state index in [1.807, 2.05) is 6.92 Å². The second-order valence-corrected chi connectivity index (χ2v) is 4.38. The van der Waals surface area contributed by atoms with Crippen LogP contribution in [0, 0.1) is 0 Å². The van der Waals surface area contributed by atoms with Gasteiger partial charge in [0.05, 0.1) is 17.9 Å². The molecule has 0 fully saturated rings. The molecule has 1 aromatic heterocycles. The number of nitrogen functional groups attached to an aromatic ring is 1. The standard InChI is InChI=1S/C13H13ClN2O2/c1-8(12-3-2-6-18-12)16-13(17)10-5-4-9(14)7-11(10)15/h2-8H,15H2,1H3,(H,16,17)/t8-/m0/s1. The molecule has 4 nitrogen and oxygen atoms in total. The Hall–Kier alpha value is -1.94. The van der Waals surface area contributed by atoms with Crippen molar-refractivity contribution >= 4 is 23.2 Å². The number of halogens is 1. The maximum Gasteiger partial charge on any atom is 0.253 e. The van der Waals surface area contributed by atoms with Gasteiger partial charge in [-0.05, 0) is 37.3 Å². The third kappa shape index (κ3) is 2.65. The third-order valence-electron chi connectivity index (χ3n) is 2.58. The highest BCUT2D eigenvalue weighted by molar-refractivity contribution is 6.31. The predicted octanol–water partition coefficient (Wildman–Crippen LogP) is 3.01. The highest BCUT2D eigenvalue weighted by atomic mass is 35.5. The third-order valence-corrected chi connectivity index (χ3v) is 2.81. The summed E-state index contributed by atoms with van der Waals surface area (Å²) < 4.78 is 5.21. The lowest BCUT2D eigenvalue weighted by Crippen LogP contribution is -2.27. The molecular weight excluding hydrogens is 252 g/mol. The number of nitrogens with one attached hydrogen (secondary N) is 1. The molecule has 2 rings (SSSR count). The molecule has 1 amide bonds. The minimum atomic E-state index is -0.256. The summed E-state index contributed by atoms with van der Waals surface area (Å²) in [4.78, 5) is 12.0. The van der Waals surface area contributed by atoms with Crippen molar-refractivity contribution < 1.29 is 9.21 Å². The van der Waals surface area contributed by atoms with Gasteiger partial charge in [-0.25, -0.2) is 0 Å². The van der Waals surface area contributed by atoms with Gasteiger partial charge in [-0.3, -0.25) is 4.79 Å². The molecule has 1 aromatic carbocycles. The lowest BCUT2D eigenvalue weighted by molar-refractivity contribution is 0.0936. The van der Waals surface area contributed by atoms with E-state index < -0.39 is 0 Å². The summed E-state index contributed by atoms with van der Waals surface area (Å²) in [6, 6.07) is 8.13. The molecular formula is C13H13ClN2O2. The van der Waals surface area contributed by atoms with E-state index in [1.54, 1.807) is 36.6 Å². The highest BCUT2D eigenvalue weighted by Crippen LogP contribution is 2.19. The Balaban J connectivity index is 2.12. The zero-order valence-corrected chi connectivity index (χ0v) is 10.6. The Kier molecular flexibility index (Phi) is 3.58. The normalized spacial score (nSPS) is 12.1. The molecule has 0 unspecified atom stereocenters. The monoisotopic (exact) mass is 264 g/mol. The van der Waals surface area contributed by atoms with Gasteiger partial charge in [-0.15, -0.1) is 0 Å². The van der Waals surface area contributed by atoms with Crippen molar-refractivity contribution in [3.63, 3.8) is 0 Å². The Morgan fingerprint density at radius 3 is 2.83 bits per heavy atom. The largest absolute Gasteiger partial charge is 0.467 e. The average molecular weight is 265 g/mol. The molecule has 0 aliphatic heterocycles. The Morgan fingerprint density at radius 1 is 1.44 bits per heavy atom. The fourth-order valence-corrected chi connectivity index (χ4v) is 1.80. The van der Waals surface area contributed by atoms with Crippen LogP contribution in [0.5, 0.6) is 0 Å². The Bertz CT molecular complexity index is 552. The molecule has 1 heterocycles. The highest BCUT2D eigenvalue weighted by Gasteiger charge is 2.15. The molecule has 0 saturated carbocycles. The second kappa shape index (κ2) is 5.14. The number of carbonyl (C=O) groups excluding carboxylic acids is 1. The SMILES string of the molecule is C[C@H](NC(=O)c1ccc(Cl)cc1N)c1ccco1. The number of furan rings is 1. The van der Waals surface area contributed by atoms with Crippen molar-refractivity contribution in [2.24, 2.45) is 0 Å². The number of amides is 1. The van der Waals surface area contributed by atoms with Crippen LogP contribution in [0.2, 0.25) is 5.02 Å².